The molecule has 0 saturated carbocycles. The fraction of sp³-hybridized carbons (Fsp3) is 0.360. The number of hydrogen-bond donors (Lipinski definition) is 1. The summed E-state index contributed by atoms with van der Waals surface area (Å²) in [5.74, 6) is -0.325. The molecule has 4 nitrogen and oxygen atoms in total. The number of anilines is 1. The minimum atomic E-state index is -0.325. The summed E-state index contributed by atoms with van der Waals surface area (Å²) < 4.78 is 0. The van der Waals surface area contributed by atoms with Crippen molar-refractivity contribution >= 4 is 11.6 Å². The van der Waals surface area contributed by atoms with Crippen LogP contribution in [-0.4, -0.2) is 11.9 Å². The first-order valence-corrected chi connectivity index (χ1v) is 10.5. The lowest BCUT2D eigenvalue weighted by atomic mass is 9.89. The van der Waals surface area contributed by atoms with Crippen LogP contribution in [0.2, 0.25) is 0 Å². The molecule has 1 aliphatic heterocycles. The third-order valence-electron chi connectivity index (χ3n) is 6.11. The van der Waals surface area contributed by atoms with Crippen LogP contribution in [0, 0.1) is 11.3 Å². The van der Waals surface area contributed by atoms with E-state index in [9.17, 15) is 10.1 Å². The van der Waals surface area contributed by atoms with E-state index in [0.717, 1.165) is 30.5 Å². The number of nitrogens with one attached hydrogen (secondary N) is 1. The van der Waals surface area contributed by atoms with Gasteiger partial charge in [-0.05, 0) is 74.3 Å². The highest BCUT2D eigenvalue weighted by Crippen LogP contribution is 2.32. The molecule has 1 amide bonds. The molecule has 1 aliphatic carbocycles. The maximum Gasteiger partial charge on any atom is 0.263 e. The Labute approximate surface area is 172 Å². The average Bonchev–Trinajstić information content (AvgIpc) is 3.06. The van der Waals surface area contributed by atoms with Gasteiger partial charge >= 0.3 is 0 Å². The van der Waals surface area contributed by atoms with Gasteiger partial charge in [-0.15, -0.1) is 0 Å². The van der Waals surface area contributed by atoms with Crippen LogP contribution in [0.25, 0.3) is 0 Å². The zero-order chi connectivity index (χ0) is 20.4. The normalized spacial score (nSPS) is 19.1. The van der Waals surface area contributed by atoms with Gasteiger partial charge in [0.1, 0.15) is 11.6 Å². The molecule has 0 radical (unpaired) electrons. The van der Waals surface area contributed by atoms with Gasteiger partial charge in [-0.1, -0.05) is 36.4 Å². The van der Waals surface area contributed by atoms with Crippen molar-refractivity contribution in [3.63, 3.8) is 0 Å². The van der Waals surface area contributed by atoms with Crippen LogP contribution in [0.4, 0.5) is 5.69 Å². The Kier molecular flexibility index (Phi) is 5.40. The number of amides is 1. The molecule has 2 unspecified atom stereocenters. The van der Waals surface area contributed by atoms with E-state index in [0.29, 0.717) is 0 Å². The predicted molar refractivity (Wildman–Crippen MR) is 115 cm³/mol. The van der Waals surface area contributed by atoms with Crippen LogP contribution >= 0.6 is 0 Å². The first kappa shape index (κ1) is 19.3. The van der Waals surface area contributed by atoms with E-state index in [1.165, 1.54) is 29.5 Å². The van der Waals surface area contributed by atoms with E-state index in [1.54, 1.807) is 6.20 Å². The van der Waals surface area contributed by atoms with E-state index in [-0.39, 0.29) is 23.6 Å². The van der Waals surface area contributed by atoms with Crippen LogP contribution in [0.1, 0.15) is 55.0 Å². The SMILES string of the molecule is CC(NC(=O)/C(C#N)=C\N1c2ccccc2CC1C)c1ccc2c(c1)CCCC2. The van der Waals surface area contributed by atoms with Gasteiger partial charge in [0.15, 0.2) is 0 Å². The summed E-state index contributed by atoms with van der Waals surface area (Å²) in [6.07, 6.45) is 7.36. The maximum atomic E-state index is 12.8. The molecule has 2 aromatic carbocycles. The van der Waals surface area contributed by atoms with Crippen LogP contribution in [0.15, 0.2) is 54.2 Å². The molecule has 29 heavy (non-hydrogen) atoms. The number of fused-ring (bicyclic) bond motifs is 2. The van der Waals surface area contributed by atoms with Crippen LogP contribution in [0.3, 0.4) is 0 Å². The summed E-state index contributed by atoms with van der Waals surface area (Å²) in [7, 11) is 0. The predicted octanol–water partition coefficient (Wildman–Crippen LogP) is 4.60. The van der Waals surface area contributed by atoms with Crippen LogP contribution in [-0.2, 0) is 24.1 Å². The Bertz CT molecular complexity index is 1000. The van der Waals surface area contributed by atoms with Gasteiger partial charge in [0.05, 0.1) is 6.04 Å². The quantitative estimate of drug-likeness (QED) is 0.618. The van der Waals surface area contributed by atoms with Crippen molar-refractivity contribution in [2.75, 3.05) is 4.90 Å². The lowest BCUT2D eigenvalue weighted by Gasteiger charge is -2.22. The molecule has 4 heteroatoms. The third-order valence-corrected chi connectivity index (χ3v) is 6.11. The van der Waals surface area contributed by atoms with E-state index >= 15 is 0 Å². The van der Waals surface area contributed by atoms with E-state index in [2.05, 4.69) is 42.6 Å². The molecular formula is C25H27N3O. The smallest absolute Gasteiger partial charge is 0.263 e. The number of benzene rings is 2. The first-order chi connectivity index (χ1) is 14.1. The van der Waals surface area contributed by atoms with Crippen molar-refractivity contribution in [1.82, 2.24) is 5.32 Å². The topological polar surface area (TPSA) is 56.1 Å². The van der Waals surface area contributed by atoms with Gasteiger partial charge in [0.25, 0.3) is 5.91 Å². The Morgan fingerprint density at radius 1 is 1.17 bits per heavy atom. The van der Waals surface area contributed by atoms with Gasteiger partial charge in [0.2, 0.25) is 0 Å². The Hall–Kier alpha value is -3.06. The summed E-state index contributed by atoms with van der Waals surface area (Å²) >= 11 is 0. The molecule has 2 aliphatic rings. The number of carbonyl (C=O) groups excluding carboxylic acids is 1. The molecule has 2 aromatic rings. The highest BCUT2D eigenvalue weighted by Gasteiger charge is 2.26. The first-order valence-electron chi connectivity index (χ1n) is 10.5. The largest absolute Gasteiger partial charge is 0.345 e. The van der Waals surface area contributed by atoms with Crippen molar-refractivity contribution in [2.24, 2.45) is 0 Å². The molecule has 4 rings (SSSR count). The van der Waals surface area contributed by atoms with E-state index < -0.39 is 0 Å². The molecule has 0 bridgehead atoms. The third kappa shape index (κ3) is 3.91. The van der Waals surface area contributed by atoms with Crippen molar-refractivity contribution in [3.05, 3.63) is 76.5 Å². The van der Waals surface area contributed by atoms with Gasteiger partial charge in [-0.2, -0.15) is 5.26 Å². The van der Waals surface area contributed by atoms with Crippen molar-refractivity contribution in [2.45, 2.75) is 58.0 Å². The zero-order valence-electron chi connectivity index (χ0n) is 17.1. The van der Waals surface area contributed by atoms with Crippen molar-refractivity contribution in [1.29, 1.82) is 5.26 Å². The van der Waals surface area contributed by atoms with Crippen molar-refractivity contribution in [3.8, 4) is 6.07 Å². The summed E-state index contributed by atoms with van der Waals surface area (Å²) in [5, 5.41) is 12.6. The summed E-state index contributed by atoms with van der Waals surface area (Å²) in [6.45, 7) is 4.09. The highest BCUT2D eigenvalue weighted by atomic mass is 16.1. The molecule has 0 saturated heterocycles. The van der Waals surface area contributed by atoms with Gasteiger partial charge < -0.3 is 10.2 Å². The Morgan fingerprint density at radius 2 is 1.93 bits per heavy atom. The monoisotopic (exact) mass is 385 g/mol. The second-order valence-electron chi connectivity index (χ2n) is 8.17. The van der Waals surface area contributed by atoms with Gasteiger partial charge in [-0.3, -0.25) is 4.79 Å². The number of carbonyl (C=O) groups is 1. The second-order valence-corrected chi connectivity index (χ2v) is 8.17. The summed E-state index contributed by atoms with van der Waals surface area (Å²) in [5.41, 5.74) is 6.38. The number of nitriles is 1. The lowest BCUT2D eigenvalue weighted by molar-refractivity contribution is -0.117. The van der Waals surface area contributed by atoms with Crippen molar-refractivity contribution < 1.29 is 4.79 Å². The maximum absolute atomic E-state index is 12.8. The number of aryl methyl sites for hydroxylation is 2. The number of rotatable bonds is 4. The van der Waals surface area contributed by atoms with E-state index in [4.69, 9.17) is 0 Å². The summed E-state index contributed by atoms with van der Waals surface area (Å²) in [6, 6.07) is 16.8. The number of hydrogen-bond acceptors (Lipinski definition) is 3. The number of nitrogens with zero attached hydrogens (tertiary/aromatic N) is 2. The Morgan fingerprint density at radius 3 is 2.72 bits per heavy atom. The molecule has 1 heterocycles. The molecule has 1 N–H and O–H groups in total. The summed E-state index contributed by atoms with van der Waals surface area (Å²) in [4.78, 5) is 14.9. The van der Waals surface area contributed by atoms with E-state index in [1.807, 2.05) is 30.0 Å². The zero-order valence-corrected chi connectivity index (χ0v) is 17.1. The molecule has 0 aromatic heterocycles. The molecule has 0 spiro atoms. The van der Waals surface area contributed by atoms with Crippen LogP contribution < -0.4 is 10.2 Å². The fourth-order valence-corrected chi connectivity index (χ4v) is 4.44. The Balaban J connectivity index is 1.51. The number of para-hydroxylation sites is 1. The minimum absolute atomic E-state index is 0.137. The molecule has 2 atom stereocenters. The molecule has 148 valence electrons. The van der Waals surface area contributed by atoms with Gasteiger partial charge in [-0.25, -0.2) is 0 Å². The van der Waals surface area contributed by atoms with Gasteiger partial charge in [0, 0.05) is 17.9 Å². The highest BCUT2D eigenvalue weighted by molar-refractivity contribution is 5.98. The van der Waals surface area contributed by atoms with Crippen LogP contribution in [0.5, 0.6) is 0 Å². The molecular weight excluding hydrogens is 358 g/mol. The minimum Gasteiger partial charge on any atom is -0.345 e. The lowest BCUT2D eigenvalue weighted by Crippen LogP contribution is -2.30. The standard InChI is InChI=1S/C25H27N3O/c1-17-13-22-9-5-6-10-24(22)28(17)16-23(15-26)25(29)27-18(2)20-12-11-19-7-3-4-8-21(19)14-20/h5-6,9-12,14,16-18H,3-4,7-8,13H2,1-2H3,(H,27,29)/b23-16-. The second kappa shape index (κ2) is 8.13. The molecule has 0 fully saturated rings. The average molecular weight is 386 g/mol. The fourth-order valence-electron chi connectivity index (χ4n) is 4.44.